The molecule has 0 spiro atoms. The van der Waals surface area contributed by atoms with E-state index >= 15 is 0 Å². The van der Waals surface area contributed by atoms with Gasteiger partial charge in [-0.2, -0.15) is 0 Å². The third kappa shape index (κ3) is 5.16. The van der Waals surface area contributed by atoms with E-state index in [0.29, 0.717) is 35.8 Å². The molecular weight excluding hydrogens is 438 g/mol. The SMILES string of the molecule is Clc1cc(Nc2ncnc3cccc(OC[C@@H]4CCCN4)c23)ccc1OCc1ccccn1. The van der Waals surface area contributed by atoms with E-state index in [2.05, 4.69) is 25.6 Å². The number of rotatable bonds is 8. The molecule has 5 rings (SSSR count). The third-order valence-electron chi connectivity index (χ3n) is 5.52. The molecule has 2 aromatic heterocycles. The van der Waals surface area contributed by atoms with Gasteiger partial charge in [-0.15, -0.1) is 0 Å². The number of nitrogens with one attached hydrogen (secondary N) is 2. The van der Waals surface area contributed by atoms with Gasteiger partial charge in [-0.3, -0.25) is 4.98 Å². The normalized spacial score (nSPS) is 15.5. The lowest BCUT2D eigenvalue weighted by Gasteiger charge is -2.16. The fourth-order valence-electron chi connectivity index (χ4n) is 3.85. The smallest absolute Gasteiger partial charge is 0.145 e. The van der Waals surface area contributed by atoms with Crippen molar-refractivity contribution in [3.8, 4) is 11.5 Å². The molecule has 33 heavy (non-hydrogen) atoms. The predicted octanol–water partition coefficient (Wildman–Crippen LogP) is 5.13. The van der Waals surface area contributed by atoms with Gasteiger partial charge in [0.2, 0.25) is 0 Å². The molecule has 4 aromatic rings. The van der Waals surface area contributed by atoms with Crippen molar-refractivity contribution in [2.45, 2.75) is 25.5 Å². The van der Waals surface area contributed by atoms with Gasteiger partial charge in [-0.25, -0.2) is 9.97 Å². The first-order valence-corrected chi connectivity index (χ1v) is 11.3. The fourth-order valence-corrected chi connectivity index (χ4v) is 4.09. The molecule has 1 atom stereocenters. The van der Waals surface area contributed by atoms with Crippen molar-refractivity contribution in [1.29, 1.82) is 0 Å². The molecule has 8 heteroatoms. The summed E-state index contributed by atoms with van der Waals surface area (Å²) in [5, 5.41) is 8.15. The summed E-state index contributed by atoms with van der Waals surface area (Å²) in [5.41, 5.74) is 2.44. The first-order valence-electron chi connectivity index (χ1n) is 11.0. The number of fused-ring (bicyclic) bond motifs is 1. The van der Waals surface area contributed by atoms with Crippen molar-refractivity contribution < 1.29 is 9.47 Å². The minimum atomic E-state index is 0.348. The maximum Gasteiger partial charge on any atom is 0.145 e. The Labute approximate surface area is 197 Å². The average molecular weight is 462 g/mol. The van der Waals surface area contributed by atoms with Crippen LogP contribution in [0.4, 0.5) is 11.5 Å². The summed E-state index contributed by atoms with van der Waals surface area (Å²) in [5.74, 6) is 2.01. The average Bonchev–Trinajstić information content (AvgIpc) is 3.37. The van der Waals surface area contributed by atoms with Crippen LogP contribution in [0.1, 0.15) is 18.5 Å². The van der Waals surface area contributed by atoms with Crippen molar-refractivity contribution in [2.75, 3.05) is 18.5 Å². The van der Waals surface area contributed by atoms with Gasteiger partial charge in [-0.05, 0) is 61.9 Å². The van der Waals surface area contributed by atoms with E-state index in [-0.39, 0.29) is 0 Å². The molecule has 1 fully saturated rings. The molecular formula is C25H24ClN5O2. The fraction of sp³-hybridized carbons (Fsp3) is 0.240. The van der Waals surface area contributed by atoms with Crippen LogP contribution in [0.25, 0.3) is 10.9 Å². The second-order valence-corrected chi connectivity index (χ2v) is 8.26. The second kappa shape index (κ2) is 10.0. The van der Waals surface area contributed by atoms with Gasteiger partial charge in [-0.1, -0.05) is 23.7 Å². The summed E-state index contributed by atoms with van der Waals surface area (Å²) >= 11 is 6.48. The van der Waals surface area contributed by atoms with Gasteiger partial charge in [0.1, 0.15) is 36.9 Å². The molecule has 7 nitrogen and oxygen atoms in total. The highest BCUT2D eigenvalue weighted by molar-refractivity contribution is 6.32. The van der Waals surface area contributed by atoms with Gasteiger partial charge in [0.25, 0.3) is 0 Å². The van der Waals surface area contributed by atoms with E-state index in [1.807, 2.05) is 54.6 Å². The van der Waals surface area contributed by atoms with Crippen LogP contribution in [0.5, 0.6) is 11.5 Å². The van der Waals surface area contributed by atoms with Gasteiger partial charge < -0.3 is 20.1 Å². The van der Waals surface area contributed by atoms with Gasteiger partial charge in [0.15, 0.2) is 0 Å². The van der Waals surface area contributed by atoms with Crippen LogP contribution in [0.15, 0.2) is 67.1 Å². The number of halogens is 1. The van der Waals surface area contributed by atoms with Crippen molar-refractivity contribution >= 4 is 34.0 Å². The molecule has 0 unspecified atom stereocenters. The number of pyridine rings is 1. The molecule has 0 saturated carbocycles. The van der Waals surface area contributed by atoms with Gasteiger partial charge >= 0.3 is 0 Å². The van der Waals surface area contributed by atoms with E-state index in [0.717, 1.165) is 41.0 Å². The van der Waals surface area contributed by atoms with Gasteiger partial charge in [0, 0.05) is 17.9 Å². The van der Waals surface area contributed by atoms with Crippen LogP contribution in [-0.2, 0) is 6.61 Å². The molecule has 0 radical (unpaired) electrons. The van der Waals surface area contributed by atoms with Crippen molar-refractivity contribution in [2.24, 2.45) is 0 Å². The Morgan fingerprint density at radius 3 is 2.79 bits per heavy atom. The highest BCUT2D eigenvalue weighted by Crippen LogP contribution is 2.34. The lowest BCUT2D eigenvalue weighted by Crippen LogP contribution is -2.28. The van der Waals surface area contributed by atoms with E-state index in [4.69, 9.17) is 21.1 Å². The Morgan fingerprint density at radius 1 is 1.00 bits per heavy atom. The quantitative estimate of drug-likeness (QED) is 0.376. The number of aromatic nitrogens is 3. The molecule has 3 heterocycles. The first-order chi connectivity index (χ1) is 16.3. The minimum Gasteiger partial charge on any atom is -0.491 e. The molecule has 1 aliphatic rings. The molecule has 1 saturated heterocycles. The highest BCUT2D eigenvalue weighted by Gasteiger charge is 2.17. The number of anilines is 2. The minimum absolute atomic E-state index is 0.348. The zero-order valence-corrected chi connectivity index (χ0v) is 18.8. The molecule has 2 aromatic carbocycles. The van der Waals surface area contributed by atoms with Crippen LogP contribution in [0.2, 0.25) is 5.02 Å². The summed E-state index contributed by atoms with van der Waals surface area (Å²) in [4.78, 5) is 13.1. The van der Waals surface area contributed by atoms with E-state index in [1.165, 1.54) is 6.42 Å². The summed E-state index contributed by atoms with van der Waals surface area (Å²) in [6, 6.07) is 17.5. The summed E-state index contributed by atoms with van der Waals surface area (Å²) in [7, 11) is 0. The first kappa shape index (κ1) is 21.4. The van der Waals surface area contributed by atoms with Crippen LogP contribution in [0, 0.1) is 0 Å². The van der Waals surface area contributed by atoms with Crippen LogP contribution < -0.4 is 20.1 Å². The third-order valence-corrected chi connectivity index (χ3v) is 5.82. The zero-order chi connectivity index (χ0) is 22.5. The summed E-state index contributed by atoms with van der Waals surface area (Å²) in [6.07, 6.45) is 5.59. The Hall–Kier alpha value is -3.42. The molecule has 168 valence electrons. The number of hydrogen-bond donors (Lipinski definition) is 2. The number of ether oxygens (including phenoxy) is 2. The van der Waals surface area contributed by atoms with E-state index < -0.39 is 0 Å². The molecule has 2 N–H and O–H groups in total. The Kier molecular flexibility index (Phi) is 6.51. The number of benzene rings is 2. The molecule has 0 amide bonds. The molecule has 0 bridgehead atoms. The maximum atomic E-state index is 6.48. The second-order valence-electron chi connectivity index (χ2n) is 7.86. The van der Waals surface area contributed by atoms with Crippen molar-refractivity contribution in [3.05, 3.63) is 77.8 Å². The molecule has 0 aliphatic carbocycles. The number of hydrogen-bond acceptors (Lipinski definition) is 7. The van der Waals surface area contributed by atoms with E-state index in [1.54, 1.807) is 12.5 Å². The predicted molar refractivity (Wildman–Crippen MR) is 129 cm³/mol. The standard InChI is InChI=1S/C25H24ClN5O2/c26-20-13-17(9-10-22(20)32-14-18-5-1-2-11-27-18)31-25-24-21(29-16-30-25)7-3-8-23(24)33-15-19-6-4-12-28-19/h1-3,5,7-11,13,16,19,28H,4,6,12,14-15H2,(H,29,30,31)/t19-/m0/s1. The lowest BCUT2D eigenvalue weighted by atomic mass is 10.2. The van der Waals surface area contributed by atoms with Gasteiger partial charge in [0.05, 0.1) is 21.6 Å². The lowest BCUT2D eigenvalue weighted by molar-refractivity contribution is 0.280. The van der Waals surface area contributed by atoms with E-state index in [9.17, 15) is 0 Å². The highest BCUT2D eigenvalue weighted by atomic mass is 35.5. The topological polar surface area (TPSA) is 81.2 Å². The Morgan fingerprint density at radius 2 is 1.97 bits per heavy atom. The van der Waals surface area contributed by atoms with Crippen LogP contribution >= 0.6 is 11.6 Å². The summed E-state index contributed by atoms with van der Waals surface area (Å²) < 4.78 is 12.0. The number of nitrogens with zero attached hydrogens (tertiary/aromatic N) is 3. The summed E-state index contributed by atoms with van der Waals surface area (Å²) in [6.45, 7) is 2.00. The van der Waals surface area contributed by atoms with Crippen molar-refractivity contribution in [3.63, 3.8) is 0 Å². The van der Waals surface area contributed by atoms with Crippen molar-refractivity contribution in [1.82, 2.24) is 20.3 Å². The van der Waals surface area contributed by atoms with Crippen LogP contribution in [-0.4, -0.2) is 34.1 Å². The largest absolute Gasteiger partial charge is 0.491 e. The Bertz CT molecular complexity index is 1230. The molecule has 1 aliphatic heterocycles. The zero-order valence-electron chi connectivity index (χ0n) is 18.0. The Balaban J connectivity index is 1.34. The van der Waals surface area contributed by atoms with Crippen LogP contribution in [0.3, 0.4) is 0 Å². The maximum absolute atomic E-state index is 6.48. The monoisotopic (exact) mass is 461 g/mol.